The van der Waals surface area contributed by atoms with E-state index in [1.165, 1.54) is 0 Å². The number of anilines is 1. The lowest BCUT2D eigenvalue weighted by molar-refractivity contribution is 1.28. The van der Waals surface area contributed by atoms with Crippen molar-refractivity contribution in [3.63, 3.8) is 0 Å². The highest BCUT2D eigenvalue weighted by Crippen LogP contribution is 2.08. The van der Waals surface area contributed by atoms with Gasteiger partial charge in [0.1, 0.15) is 10.4 Å². The minimum Gasteiger partial charge on any atom is -0.420 e. The minimum atomic E-state index is 0.856. The topological polar surface area (TPSA) is 24.9 Å². The van der Waals surface area contributed by atoms with Gasteiger partial charge in [0, 0.05) is 0 Å². The molecule has 1 rings (SSSR count). The van der Waals surface area contributed by atoms with Gasteiger partial charge in [0.25, 0.3) is 0 Å². The second kappa shape index (κ2) is 2.87. The maximum atomic E-state index is 4.10. The quantitative estimate of drug-likeness (QED) is 0.516. The molecule has 0 aliphatic heterocycles. The first-order chi connectivity index (χ1) is 4.33. The fourth-order valence-corrected chi connectivity index (χ4v) is 0.891. The summed E-state index contributed by atoms with van der Waals surface area (Å²) < 4.78 is 0.856. The third kappa shape index (κ3) is 1.71. The molecule has 0 saturated heterocycles. The molecule has 2 nitrogen and oxygen atoms in total. The lowest BCUT2D eigenvalue weighted by Gasteiger charge is -1.96. The second-order valence-corrected chi connectivity index (χ2v) is 2.41. The highest BCUT2D eigenvalue weighted by Gasteiger charge is 1.87. The molecule has 1 N–H and O–H groups in total. The van der Waals surface area contributed by atoms with Gasteiger partial charge >= 0.3 is 0 Å². The number of pyridine rings is 1. The number of nitrogens with one attached hydrogen (secondary N) is 1. The van der Waals surface area contributed by atoms with Crippen molar-refractivity contribution in [2.24, 2.45) is 0 Å². The van der Waals surface area contributed by atoms with E-state index >= 15 is 0 Å². The molecule has 0 amide bonds. The van der Waals surface area contributed by atoms with Crippen LogP contribution in [0.5, 0.6) is 0 Å². The molecule has 0 aliphatic carbocycles. The first-order valence-corrected chi connectivity index (χ1v) is 3.42. The van der Waals surface area contributed by atoms with Gasteiger partial charge in [0.2, 0.25) is 7.98 Å². The van der Waals surface area contributed by atoms with Crippen LogP contribution in [0, 0.1) is 0 Å². The van der Waals surface area contributed by atoms with E-state index in [-0.39, 0.29) is 0 Å². The first-order valence-electron chi connectivity index (χ1n) is 2.63. The Morgan fingerprint density at radius 2 is 2.33 bits per heavy atom. The fraction of sp³-hybridized carbons (Fsp3) is 0. The number of halogens is 1. The second-order valence-electron chi connectivity index (χ2n) is 1.60. The molecule has 0 spiro atoms. The lowest BCUT2D eigenvalue weighted by atomic mass is 10.4. The summed E-state index contributed by atoms with van der Waals surface area (Å²) in [5.41, 5.74) is 0. The van der Waals surface area contributed by atoms with Gasteiger partial charge in [-0.05, 0) is 28.1 Å². The predicted molar refractivity (Wildman–Crippen MR) is 44.1 cm³/mol. The van der Waals surface area contributed by atoms with Gasteiger partial charge in [0.15, 0.2) is 0 Å². The number of hydrogen-bond donors (Lipinski definition) is 1. The molecule has 0 radical (unpaired) electrons. The van der Waals surface area contributed by atoms with E-state index in [1.54, 1.807) is 0 Å². The van der Waals surface area contributed by atoms with Crippen molar-refractivity contribution in [2.75, 3.05) is 5.23 Å². The molecule has 9 heavy (non-hydrogen) atoms. The summed E-state index contributed by atoms with van der Waals surface area (Å²) in [6.45, 7) is 0. The van der Waals surface area contributed by atoms with Gasteiger partial charge in [-0.3, -0.25) is 0 Å². The Hall–Kier alpha value is -0.505. The molecule has 0 bridgehead atoms. The number of rotatable bonds is 1. The Bertz CT molecular complexity index is 204. The van der Waals surface area contributed by atoms with Crippen LogP contribution in [0.4, 0.5) is 5.82 Å². The summed E-state index contributed by atoms with van der Waals surface area (Å²) in [6.07, 6.45) is 0. The van der Waals surface area contributed by atoms with Crippen molar-refractivity contribution in [1.29, 1.82) is 0 Å². The molecule has 0 aliphatic rings. The molecular weight excluding hydrogens is 179 g/mol. The van der Waals surface area contributed by atoms with Crippen molar-refractivity contribution in [3.05, 3.63) is 22.8 Å². The Kier molecular flexibility index (Phi) is 2.11. The van der Waals surface area contributed by atoms with Crippen LogP contribution in [-0.4, -0.2) is 13.0 Å². The van der Waals surface area contributed by atoms with Crippen molar-refractivity contribution < 1.29 is 0 Å². The van der Waals surface area contributed by atoms with Crippen LogP contribution < -0.4 is 5.23 Å². The SMILES string of the molecule is BNc1cccc(Br)n1. The fourth-order valence-electron chi connectivity index (χ4n) is 0.548. The molecule has 0 atom stereocenters. The molecule has 1 aromatic rings. The van der Waals surface area contributed by atoms with E-state index in [0.29, 0.717) is 0 Å². The summed E-state index contributed by atoms with van der Waals surface area (Å²) in [5.74, 6) is 0.879. The zero-order valence-electron chi connectivity index (χ0n) is 5.06. The lowest BCUT2D eigenvalue weighted by Crippen LogP contribution is -1.92. The first kappa shape index (κ1) is 6.61. The van der Waals surface area contributed by atoms with Gasteiger partial charge in [-0.25, -0.2) is 4.98 Å². The van der Waals surface area contributed by atoms with Crippen LogP contribution in [0.1, 0.15) is 0 Å². The Morgan fingerprint density at radius 1 is 1.56 bits per heavy atom. The highest BCUT2D eigenvalue weighted by molar-refractivity contribution is 9.10. The number of aromatic nitrogens is 1. The summed E-state index contributed by atoms with van der Waals surface area (Å²) in [4.78, 5) is 4.10. The predicted octanol–water partition coefficient (Wildman–Crippen LogP) is 0.804. The average molecular weight is 185 g/mol. The molecule has 46 valence electrons. The standard InChI is InChI=1S/C5H6BBrN2/c6-9-5-3-1-2-4(7)8-5/h1-3H,6H2,(H,8,9). The molecular formula is C5H6BBrN2. The monoisotopic (exact) mass is 184 g/mol. The van der Waals surface area contributed by atoms with Gasteiger partial charge in [-0.15, -0.1) is 0 Å². The van der Waals surface area contributed by atoms with Crippen LogP contribution in [0.15, 0.2) is 22.8 Å². The summed E-state index contributed by atoms with van der Waals surface area (Å²) in [7, 11) is 1.84. The highest BCUT2D eigenvalue weighted by atomic mass is 79.9. The van der Waals surface area contributed by atoms with Crippen molar-refractivity contribution >= 4 is 29.7 Å². The number of hydrogen-bond acceptors (Lipinski definition) is 2. The van der Waals surface area contributed by atoms with Gasteiger partial charge in [-0.1, -0.05) is 6.07 Å². The van der Waals surface area contributed by atoms with E-state index in [2.05, 4.69) is 26.1 Å². The van der Waals surface area contributed by atoms with E-state index in [1.807, 2.05) is 26.2 Å². The molecule has 1 aromatic heterocycles. The molecule has 0 saturated carbocycles. The third-order valence-corrected chi connectivity index (χ3v) is 1.41. The van der Waals surface area contributed by atoms with Crippen LogP contribution in [-0.2, 0) is 0 Å². The summed E-state index contributed by atoms with van der Waals surface area (Å²) in [5, 5.41) is 2.93. The van der Waals surface area contributed by atoms with E-state index in [9.17, 15) is 0 Å². The zero-order chi connectivity index (χ0) is 6.69. The molecule has 1 heterocycles. The van der Waals surface area contributed by atoms with E-state index < -0.39 is 0 Å². The molecule has 0 aromatic carbocycles. The Labute approximate surface area is 63.2 Å². The minimum absolute atomic E-state index is 0.856. The summed E-state index contributed by atoms with van der Waals surface area (Å²) >= 11 is 3.25. The average Bonchev–Trinajstić information content (AvgIpc) is 1.88. The Balaban J connectivity index is 2.94. The van der Waals surface area contributed by atoms with Gasteiger partial charge < -0.3 is 5.23 Å². The smallest absolute Gasteiger partial charge is 0.215 e. The van der Waals surface area contributed by atoms with Crippen molar-refractivity contribution in [3.8, 4) is 0 Å². The number of nitrogens with zero attached hydrogens (tertiary/aromatic N) is 1. The maximum absolute atomic E-state index is 4.10. The van der Waals surface area contributed by atoms with Crippen LogP contribution in [0.3, 0.4) is 0 Å². The molecule has 0 fully saturated rings. The summed E-state index contributed by atoms with van der Waals surface area (Å²) in [6, 6.07) is 5.73. The van der Waals surface area contributed by atoms with Crippen LogP contribution in [0.2, 0.25) is 0 Å². The third-order valence-electron chi connectivity index (χ3n) is 0.971. The molecule has 4 heteroatoms. The normalized spacial score (nSPS) is 9.00. The van der Waals surface area contributed by atoms with Crippen molar-refractivity contribution in [1.82, 2.24) is 4.98 Å². The van der Waals surface area contributed by atoms with E-state index in [4.69, 9.17) is 0 Å². The Morgan fingerprint density at radius 3 is 2.78 bits per heavy atom. The van der Waals surface area contributed by atoms with Gasteiger partial charge in [-0.2, -0.15) is 0 Å². The molecule has 0 unspecified atom stereocenters. The van der Waals surface area contributed by atoms with E-state index in [0.717, 1.165) is 10.4 Å². The van der Waals surface area contributed by atoms with Gasteiger partial charge in [0.05, 0.1) is 0 Å². The largest absolute Gasteiger partial charge is 0.420 e. The maximum Gasteiger partial charge on any atom is 0.215 e. The van der Waals surface area contributed by atoms with Crippen LogP contribution >= 0.6 is 15.9 Å². The zero-order valence-corrected chi connectivity index (χ0v) is 6.64. The van der Waals surface area contributed by atoms with Crippen molar-refractivity contribution in [2.45, 2.75) is 0 Å². The van der Waals surface area contributed by atoms with Crippen LogP contribution in [0.25, 0.3) is 0 Å².